The van der Waals surface area contributed by atoms with Gasteiger partial charge in [-0.15, -0.1) is 0 Å². The Labute approximate surface area is 194 Å². The van der Waals surface area contributed by atoms with Crippen molar-refractivity contribution in [1.29, 1.82) is 0 Å². The van der Waals surface area contributed by atoms with Crippen LogP contribution in [0.15, 0.2) is 88.1 Å². The molecule has 0 aliphatic rings. The zero-order chi connectivity index (χ0) is 23.8. The smallest absolute Gasteiger partial charge is 0.200 e. The molecule has 0 amide bonds. The quantitative estimate of drug-likeness (QED) is 0.277. The Morgan fingerprint density at radius 2 is 1.53 bits per heavy atom. The Hall–Kier alpha value is -4.58. The molecule has 0 bridgehead atoms. The molecule has 1 heterocycles. The number of ether oxygens (including phenoxy) is 2. The van der Waals surface area contributed by atoms with E-state index < -0.39 is 5.78 Å². The summed E-state index contributed by atoms with van der Waals surface area (Å²) >= 11 is 0. The van der Waals surface area contributed by atoms with Gasteiger partial charge in [-0.1, -0.05) is 30.3 Å². The van der Waals surface area contributed by atoms with Gasteiger partial charge in [-0.3, -0.25) is 9.59 Å². The van der Waals surface area contributed by atoms with Gasteiger partial charge in [0.1, 0.15) is 28.4 Å². The van der Waals surface area contributed by atoms with Crippen LogP contribution in [0.2, 0.25) is 0 Å². The number of ketones is 1. The molecular weight excluding hydrogens is 432 g/mol. The van der Waals surface area contributed by atoms with Gasteiger partial charge in [0.05, 0.1) is 30.6 Å². The second-order valence-corrected chi connectivity index (χ2v) is 7.77. The van der Waals surface area contributed by atoms with E-state index in [1.54, 1.807) is 30.3 Å². The summed E-state index contributed by atoms with van der Waals surface area (Å²) < 4.78 is 16.6. The fraction of sp³-hybridized carbons (Fsp3) is 0.0714. The van der Waals surface area contributed by atoms with Gasteiger partial charge in [0.2, 0.25) is 5.43 Å². The standard InChI is InChI=1S/C28H20O6/c1-32-18-8-10-24(29)21(14-18)26(30)17-12-20(16-6-4-3-5-7-16)28-23(13-17)27(31)22-15-19(33-2)9-11-25(22)34-28/h3-15,29H,1-2H3. The molecule has 4 aromatic carbocycles. The first-order chi connectivity index (χ1) is 16.5. The Bertz CT molecular complexity index is 1620. The van der Waals surface area contributed by atoms with Gasteiger partial charge in [-0.25, -0.2) is 0 Å². The SMILES string of the molecule is COc1ccc(O)c(C(=O)c2cc(-c3ccccc3)c3oc4ccc(OC)cc4c(=O)c3c2)c1. The molecule has 0 aliphatic heterocycles. The number of carbonyl (C=O) groups excluding carboxylic acids is 1. The van der Waals surface area contributed by atoms with Gasteiger partial charge < -0.3 is 19.0 Å². The first-order valence-corrected chi connectivity index (χ1v) is 10.6. The number of fused-ring (bicyclic) bond motifs is 2. The van der Waals surface area contributed by atoms with E-state index in [2.05, 4.69) is 0 Å². The third kappa shape index (κ3) is 3.55. The summed E-state index contributed by atoms with van der Waals surface area (Å²) in [6, 6.07) is 22.0. The van der Waals surface area contributed by atoms with Gasteiger partial charge in [-0.2, -0.15) is 0 Å². The third-order valence-electron chi connectivity index (χ3n) is 5.77. The fourth-order valence-electron chi connectivity index (χ4n) is 4.01. The van der Waals surface area contributed by atoms with E-state index >= 15 is 0 Å². The third-order valence-corrected chi connectivity index (χ3v) is 5.77. The van der Waals surface area contributed by atoms with Crippen molar-refractivity contribution in [1.82, 2.24) is 0 Å². The van der Waals surface area contributed by atoms with E-state index in [-0.39, 0.29) is 27.7 Å². The number of phenols is 1. The lowest BCUT2D eigenvalue weighted by Crippen LogP contribution is -2.08. The second-order valence-electron chi connectivity index (χ2n) is 7.77. The summed E-state index contributed by atoms with van der Waals surface area (Å²) in [5, 5.41) is 10.9. The summed E-state index contributed by atoms with van der Waals surface area (Å²) in [5.41, 5.74) is 2.21. The maximum absolute atomic E-state index is 13.5. The van der Waals surface area contributed by atoms with Crippen LogP contribution >= 0.6 is 0 Å². The molecule has 0 atom stereocenters. The number of aromatic hydroxyl groups is 1. The number of hydrogen-bond donors (Lipinski definition) is 1. The van der Waals surface area contributed by atoms with Crippen LogP contribution in [0.1, 0.15) is 15.9 Å². The van der Waals surface area contributed by atoms with Crippen molar-refractivity contribution in [3.05, 3.63) is 100 Å². The molecule has 168 valence electrons. The highest BCUT2D eigenvalue weighted by atomic mass is 16.5. The predicted octanol–water partition coefficient (Wildman–Crippen LogP) is 5.57. The van der Waals surface area contributed by atoms with Gasteiger partial charge in [-0.05, 0) is 54.1 Å². The lowest BCUT2D eigenvalue weighted by atomic mass is 9.94. The molecule has 0 spiro atoms. The van der Waals surface area contributed by atoms with Crippen molar-refractivity contribution in [3.8, 4) is 28.4 Å². The molecule has 34 heavy (non-hydrogen) atoms. The van der Waals surface area contributed by atoms with Crippen LogP contribution in [0.3, 0.4) is 0 Å². The van der Waals surface area contributed by atoms with Crippen LogP contribution < -0.4 is 14.9 Å². The highest BCUT2D eigenvalue weighted by Crippen LogP contribution is 2.34. The molecule has 1 aromatic heterocycles. The van der Waals surface area contributed by atoms with E-state index in [0.717, 1.165) is 5.56 Å². The summed E-state index contributed by atoms with van der Waals surface area (Å²) in [4.78, 5) is 27.0. The zero-order valence-electron chi connectivity index (χ0n) is 18.5. The largest absolute Gasteiger partial charge is 0.507 e. The average molecular weight is 452 g/mol. The lowest BCUT2D eigenvalue weighted by molar-refractivity contribution is 0.103. The molecule has 0 unspecified atom stereocenters. The Morgan fingerprint density at radius 1 is 0.824 bits per heavy atom. The molecule has 6 nitrogen and oxygen atoms in total. The van der Waals surface area contributed by atoms with Crippen LogP contribution in [0.5, 0.6) is 17.2 Å². The number of methoxy groups -OCH3 is 2. The van der Waals surface area contributed by atoms with Crippen LogP contribution in [-0.2, 0) is 0 Å². The van der Waals surface area contributed by atoms with Gasteiger partial charge in [0.15, 0.2) is 5.78 Å². The molecule has 0 saturated carbocycles. The number of phenolic OH excluding ortho intramolecular Hbond substituents is 1. The van der Waals surface area contributed by atoms with Crippen molar-refractivity contribution in [2.45, 2.75) is 0 Å². The maximum Gasteiger partial charge on any atom is 0.200 e. The van der Waals surface area contributed by atoms with Crippen molar-refractivity contribution >= 4 is 27.7 Å². The molecule has 0 fully saturated rings. The lowest BCUT2D eigenvalue weighted by Gasteiger charge is -2.12. The normalized spacial score (nSPS) is 11.0. The summed E-state index contributed by atoms with van der Waals surface area (Å²) in [7, 11) is 3.00. The van der Waals surface area contributed by atoms with Crippen LogP contribution in [0.25, 0.3) is 33.1 Å². The first-order valence-electron chi connectivity index (χ1n) is 10.6. The molecule has 0 radical (unpaired) electrons. The summed E-state index contributed by atoms with van der Waals surface area (Å²) in [6.45, 7) is 0. The Balaban J connectivity index is 1.83. The van der Waals surface area contributed by atoms with Gasteiger partial charge in [0.25, 0.3) is 0 Å². The highest BCUT2D eigenvalue weighted by molar-refractivity contribution is 6.14. The van der Waals surface area contributed by atoms with E-state index in [9.17, 15) is 14.7 Å². The molecular formula is C28H20O6. The van der Waals surface area contributed by atoms with Crippen molar-refractivity contribution in [2.24, 2.45) is 0 Å². The second kappa shape index (κ2) is 8.41. The molecule has 5 aromatic rings. The van der Waals surface area contributed by atoms with E-state index in [1.807, 2.05) is 30.3 Å². The van der Waals surface area contributed by atoms with Crippen molar-refractivity contribution < 1.29 is 23.8 Å². The van der Waals surface area contributed by atoms with Crippen LogP contribution in [0, 0.1) is 0 Å². The minimum atomic E-state index is -0.444. The zero-order valence-corrected chi connectivity index (χ0v) is 18.5. The van der Waals surface area contributed by atoms with Gasteiger partial charge in [0, 0.05) is 11.1 Å². The highest BCUT2D eigenvalue weighted by Gasteiger charge is 2.20. The van der Waals surface area contributed by atoms with Gasteiger partial charge >= 0.3 is 0 Å². The van der Waals surface area contributed by atoms with Crippen LogP contribution in [-0.4, -0.2) is 25.1 Å². The molecule has 1 N–H and O–H groups in total. The number of rotatable bonds is 5. The number of carbonyl (C=O) groups is 1. The predicted molar refractivity (Wildman–Crippen MR) is 130 cm³/mol. The van der Waals surface area contributed by atoms with Crippen molar-refractivity contribution in [3.63, 3.8) is 0 Å². The minimum Gasteiger partial charge on any atom is -0.507 e. The molecule has 0 aliphatic carbocycles. The minimum absolute atomic E-state index is 0.0737. The number of hydrogen-bond acceptors (Lipinski definition) is 6. The fourth-order valence-corrected chi connectivity index (χ4v) is 4.01. The average Bonchev–Trinajstić information content (AvgIpc) is 2.88. The molecule has 6 heteroatoms. The number of benzene rings is 4. The monoisotopic (exact) mass is 452 g/mol. The van der Waals surface area contributed by atoms with E-state index in [4.69, 9.17) is 13.9 Å². The van der Waals surface area contributed by atoms with Crippen LogP contribution in [0.4, 0.5) is 0 Å². The first kappa shape index (κ1) is 21.3. The van der Waals surface area contributed by atoms with Crippen molar-refractivity contribution in [2.75, 3.05) is 14.2 Å². The molecule has 5 rings (SSSR count). The van der Waals surface area contributed by atoms with E-state index in [1.165, 1.54) is 32.4 Å². The maximum atomic E-state index is 13.5. The summed E-state index contributed by atoms with van der Waals surface area (Å²) in [5.74, 6) is 0.335. The topological polar surface area (TPSA) is 86.0 Å². The van der Waals surface area contributed by atoms with E-state index in [0.29, 0.717) is 33.6 Å². The molecule has 0 saturated heterocycles. The Kier molecular flexibility index (Phi) is 5.26. The summed E-state index contributed by atoms with van der Waals surface area (Å²) in [6.07, 6.45) is 0. The Morgan fingerprint density at radius 3 is 2.26 bits per heavy atom.